The van der Waals surface area contributed by atoms with E-state index in [9.17, 15) is 4.79 Å². The third-order valence-corrected chi connectivity index (χ3v) is 5.81. The number of likely N-dealkylation sites (tertiary alicyclic amines) is 1. The number of ether oxygens (including phenoxy) is 2. The number of hydrogen-bond donors (Lipinski definition) is 0. The van der Waals surface area contributed by atoms with Crippen molar-refractivity contribution in [2.75, 3.05) is 47.0 Å². The fourth-order valence-electron chi connectivity index (χ4n) is 4.36. The predicted molar refractivity (Wildman–Crippen MR) is 89.4 cm³/mol. The molecule has 0 aromatic rings. The second kappa shape index (κ2) is 7.49. The fraction of sp³-hybridized carbons (Fsp3) is 0.944. The summed E-state index contributed by atoms with van der Waals surface area (Å²) >= 11 is 0. The van der Waals surface area contributed by atoms with Crippen LogP contribution in [0, 0.1) is 5.92 Å². The maximum absolute atomic E-state index is 11.5. The van der Waals surface area contributed by atoms with Crippen LogP contribution in [0.25, 0.3) is 0 Å². The first-order valence-electron chi connectivity index (χ1n) is 9.24. The largest absolute Gasteiger partial charge is 0.372 e. The van der Waals surface area contributed by atoms with Crippen LogP contribution >= 0.6 is 0 Å². The van der Waals surface area contributed by atoms with Crippen LogP contribution in [0.3, 0.4) is 0 Å². The van der Waals surface area contributed by atoms with E-state index in [1.165, 1.54) is 32.1 Å². The molecule has 1 amide bonds. The van der Waals surface area contributed by atoms with Gasteiger partial charge in [-0.25, -0.2) is 0 Å². The van der Waals surface area contributed by atoms with Crippen molar-refractivity contribution in [3.63, 3.8) is 0 Å². The zero-order chi connectivity index (χ0) is 16.3. The van der Waals surface area contributed by atoms with Crippen LogP contribution in [0.1, 0.15) is 44.9 Å². The Balaban J connectivity index is 1.35. The second-order valence-electron chi connectivity index (χ2n) is 7.86. The molecule has 2 heterocycles. The highest BCUT2D eigenvalue weighted by atomic mass is 16.5. The van der Waals surface area contributed by atoms with Gasteiger partial charge in [0.05, 0.1) is 5.60 Å². The smallest absolute Gasteiger partial charge is 0.248 e. The van der Waals surface area contributed by atoms with Crippen LogP contribution in [-0.2, 0) is 14.3 Å². The Labute approximate surface area is 140 Å². The molecular weight excluding hydrogens is 292 g/mol. The lowest BCUT2D eigenvalue weighted by atomic mass is 9.78. The minimum atomic E-state index is 0.0413. The van der Waals surface area contributed by atoms with E-state index in [-0.39, 0.29) is 18.1 Å². The first-order valence-corrected chi connectivity index (χ1v) is 9.24. The highest BCUT2D eigenvalue weighted by Gasteiger charge is 2.49. The van der Waals surface area contributed by atoms with Crippen LogP contribution in [0.4, 0.5) is 0 Å². The molecule has 1 atom stereocenters. The van der Waals surface area contributed by atoms with Gasteiger partial charge in [-0.2, -0.15) is 0 Å². The molecule has 3 aliphatic rings. The van der Waals surface area contributed by atoms with Crippen molar-refractivity contribution in [3.05, 3.63) is 0 Å². The molecule has 1 spiro atoms. The lowest BCUT2D eigenvalue weighted by Gasteiger charge is -2.55. The van der Waals surface area contributed by atoms with Gasteiger partial charge in [-0.15, -0.1) is 0 Å². The van der Waals surface area contributed by atoms with Crippen molar-refractivity contribution < 1.29 is 14.3 Å². The lowest BCUT2D eigenvalue weighted by Crippen LogP contribution is -2.67. The molecule has 2 saturated heterocycles. The highest BCUT2D eigenvalue weighted by molar-refractivity contribution is 5.76. The fourth-order valence-corrected chi connectivity index (χ4v) is 4.36. The van der Waals surface area contributed by atoms with E-state index in [1.54, 1.807) is 19.0 Å². The van der Waals surface area contributed by atoms with Gasteiger partial charge in [0, 0.05) is 46.4 Å². The first kappa shape index (κ1) is 17.2. The summed E-state index contributed by atoms with van der Waals surface area (Å²) < 4.78 is 11.7. The van der Waals surface area contributed by atoms with Gasteiger partial charge < -0.3 is 14.4 Å². The topological polar surface area (TPSA) is 42.0 Å². The SMILES string of the molecule is CN(C)C(=O)COCCC1CCOC2(C1)CN(C1CCCC1)C2. The molecule has 0 aromatic carbocycles. The molecule has 3 rings (SSSR count). The van der Waals surface area contributed by atoms with Crippen molar-refractivity contribution in [2.24, 2.45) is 5.92 Å². The van der Waals surface area contributed by atoms with E-state index in [2.05, 4.69) is 4.90 Å². The molecule has 2 aliphatic heterocycles. The number of nitrogens with zero attached hydrogens (tertiary/aromatic N) is 2. The maximum Gasteiger partial charge on any atom is 0.248 e. The van der Waals surface area contributed by atoms with E-state index in [4.69, 9.17) is 9.47 Å². The van der Waals surface area contributed by atoms with Crippen molar-refractivity contribution >= 4 is 5.91 Å². The number of carbonyl (C=O) groups excluding carboxylic acids is 1. The molecule has 5 nitrogen and oxygen atoms in total. The summed E-state index contributed by atoms with van der Waals surface area (Å²) in [6, 6.07) is 0.824. The Morgan fingerprint density at radius 3 is 2.70 bits per heavy atom. The van der Waals surface area contributed by atoms with E-state index < -0.39 is 0 Å². The minimum absolute atomic E-state index is 0.0413. The molecule has 5 heteroatoms. The Bertz CT molecular complexity index is 401. The van der Waals surface area contributed by atoms with E-state index in [0.717, 1.165) is 38.6 Å². The average Bonchev–Trinajstić information content (AvgIpc) is 3.03. The summed E-state index contributed by atoms with van der Waals surface area (Å²) in [5, 5.41) is 0. The standard InChI is InChI=1S/C18H32N2O3/c1-19(2)17(21)12-22-9-7-15-8-10-23-18(11-15)13-20(14-18)16-5-3-4-6-16/h15-16H,3-14H2,1-2H3. The summed E-state index contributed by atoms with van der Waals surface area (Å²) in [6.07, 6.45) is 8.93. The third-order valence-electron chi connectivity index (χ3n) is 5.81. The van der Waals surface area contributed by atoms with Gasteiger partial charge in [0.2, 0.25) is 5.91 Å². The molecular formula is C18H32N2O3. The van der Waals surface area contributed by atoms with Gasteiger partial charge in [0.15, 0.2) is 0 Å². The Morgan fingerprint density at radius 2 is 2.00 bits per heavy atom. The zero-order valence-electron chi connectivity index (χ0n) is 14.8. The van der Waals surface area contributed by atoms with Crippen molar-refractivity contribution in [1.82, 2.24) is 9.80 Å². The van der Waals surface area contributed by atoms with Crippen LogP contribution < -0.4 is 0 Å². The molecule has 0 radical (unpaired) electrons. The molecule has 0 bridgehead atoms. The van der Waals surface area contributed by atoms with Crippen LogP contribution in [0.15, 0.2) is 0 Å². The number of amides is 1. The van der Waals surface area contributed by atoms with Gasteiger partial charge in [-0.05, 0) is 38.0 Å². The summed E-state index contributed by atoms with van der Waals surface area (Å²) in [7, 11) is 3.53. The van der Waals surface area contributed by atoms with Crippen molar-refractivity contribution in [1.29, 1.82) is 0 Å². The molecule has 132 valence electrons. The quantitative estimate of drug-likeness (QED) is 0.700. The van der Waals surface area contributed by atoms with E-state index in [0.29, 0.717) is 12.5 Å². The number of likely N-dealkylation sites (N-methyl/N-ethyl adjacent to an activating group) is 1. The summed E-state index contributed by atoms with van der Waals surface area (Å²) in [5.74, 6) is 0.726. The number of carbonyl (C=O) groups is 1. The molecule has 23 heavy (non-hydrogen) atoms. The van der Waals surface area contributed by atoms with Gasteiger partial charge in [-0.1, -0.05) is 12.8 Å². The first-order chi connectivity index (χ1) is 11.1. The molecule has 1 aliphatic carbocycles. The summed E-state index contributed by atoms with van der Waals surface area (Å²) in [6.45, 7) is 4.05. The summed E-state index contributed by atoms with van der Waals surface area (Å²) in [4.78, 5) is 15.7. The van der Waals surface area contributed by atoms with E-state index in [1.807, 2.05) is 0 Å². The third kappa shape index (κ3) is 4.25. The number of rotatable bonds is 6. The minimum Gasteiger partial charge on any atom is -0.372 e. The van der Waals surface area contributed by atoms with Crippen LogP contribution in [0.5, 0.6) is 0 Å². The van der Waals surface area contributed by atoms with Gasteiger partial charge >= 0.3 is 0 Å². The van der Waals surface area contributed by atoms with Gasteiger partial charge in [-0.3, -0.25) is 9.69 Å². The lowest BCUT2D eigenvalue weighted by molar-refractivity contribution is -0.189. The molecule has 3 fully saturated rings. The van der Waals surface area contributed by atoms with E-state index >= 15 is 0 Å². The monoisotopic (exact) mass is 324 g/mol. The maximum atomic E-state index is 11.5. The highest BCUT2D eigenvalue weighted by Crippen LogP contribution is 2.41. The molecule has 0 aromatic heterocycles. The Morgan fingerprint density at radius 1 is 1.26 bits per heavy atom. The Hall–Kier alpha value is -0.650. The van der Waals surface area contributed by atoms with Crippen LogP contribution in [0.2, 0.25) is 0 Å². The van der Waals surface area contributed by atoms with Crippen molar-refractivity contribution in [3.8, 4) is 0 Å². The molecule has 0 N–H and O–H groups in total. The van der Waals surface area contributed by atoms with Crippen LogP contribution in [-0.4, -0.2) is 74.4 Å². The number of hydrogen-bond acceptors (Lipinski definition) is 4. The zero-order valence-corrected chi connectivity index (χ0v) is 14.8. The summed E-state index contributed by atoms with van der Waals surface area (Å²) in [5.41, 5.74) is 0.130. The molecule has 1 saturated carbocycles. The normalized spacial score (nSPS) is 28.0. The average molecular weight is 324 g/mol. The second-order valence-corrected chi connectivity index (χ2v) is 7.86. The van der Waals surface area contributed by atoms with Gasteiger partial charge in [0.25, 0.3) is 0 Å². The van der Waals surface area contributed by atoms with Gasteiger partial charge in [0.1, 0.15) is 6.61 Å². The Kier molecular flexibility index (Phi) is 5.60. The van der Waals surface area contributed by atoms with Crippen molar-refractivity contribution in [2.45, 2.75) is 56.6 Å². The predicted octanol–water partition coefficient (Wildman–Crippen LogP) is 1.90. The molecule has 1 unspecified atom stereocenters.